The summed E-state index contributed by atoms with van der Waals surface area (Å²) in [6.07, 6.45) is 0. The van der Waals surface area contributed by atoms with Gasteiger partial charge < -0.3 is 5.73 Å². The van der Waals surface area contributed by atoms with E-state index < -0.39 is 0 Å². The van der Waals surface area contributed by atoms with Gasteiger partial charge in [0.15, 0.2) is 0 Å². The van der Waals surface area contributed by atoms with Crippen molar-refractivity contribution in [3.63, 3.8) is 0 Å². The lowest BCUT2D eigenvalue weighted by atomic mass is 10.2. The molecular weight excluding hydrogens is 280 g/mol. The van der Waals surface area contributed by atoms with Crippen LogP contribution in [0.1, 0.15) is 17.0 Å². The molecule has 1 heterocycles. The van der Waals surface area contributed by atoms with Crippen molar-refractivity contribution < 1.29 is 0 Å². The van der Waals surface area contributed by atoms with E-state index in [-0.39, 0.29) is 0 Å². The first-order chi connectivity index (χ1) is 8.04. The normalized spacial score (nSPS) is 10.2. The largest absolute Gasteiger partial charge is 0.397 e. The van der Waals surface area contributed by atoms with Crippen LogP contribution < -0.4 is 5.73 Å². The van der Waals surface area contributed by atoms with Gasteiger partial charge >= 0.3 is 0 Å². The van der Waals surface area contributed by atoms with Crippen LogP contribution in [0.25, 0.3) is 5.69 Å². The van der Waals surface area contributed by atoms with Crippen molar-refractivity contribution in [2.45, 2.75) is 13.8 Å². The highest BCUT2D eigenvalue weighted by Crippen LogP contribution is 2.26. The van der Waals surface area contributed by atoms with Crippen LogP contribution in [0, 0.1) is 25.2 Å². The van der Waals surface area contributed by atoms with Crippen LogP contribution in [0.2, 0.25) is 0 Å². The maximum Gasteiger partial charge on any atom is 0.0992 e. The first-order valence-corrected chi connectivity index (χ1v) is 5.85. The van der Waals surface area contributed by atoms with Crippen molar-refractivity contribution in [2.24, 2.45) is 0 Å². The number of aromatic nitrogens is 2. The van der Waals surface area contributed by atoms with E-state index >= 15 is 0 Å². The first kappa shape index (κ1) is 11.7. The summed E-state index contributed by atoms with van der Waals surface area (Å²) < 4.78 is 2.75. The van der Waals surface area contributed by atoms with E-state index in [0.717, 1.165) is 21.5 Å². The molecule has 0 amide bonds. The summed E-state index contributed by atoms with van der Waals surface area (Å²) in [5, 5.41) is 13.2. The Hall–Kier alpha value is -1.80. The molecule has 5 heteroatoms. The number of nitrogens with two attached hydrogens (primary N) is 1. The van der Waals surface area contributed by atoms with Gasteiger partial charge in [0.1, 0.15) is 0 Å². The Morgan fingerprint density at radius 1 is 1.41 bits per heavy atom. The Morgan fingerprint density at radius 3 is 2.59 bits per heavy atom. The Balaban J connectivity index is 2.62. The zero-order chi connectivity index (χ0) is 12.6. The summed E-state index contributed by atoms with van der Waals surface area (Å²) in [6.45, 7) is 3.88. The molecule has 0 aliphatic rings. The molecule has 1 aromatic heterocycles. The van der Waals surface area contributed by atoms with E-state index in [1.165, 1.54) is 0 Å². The summed E-state index contributed by atoms with van der Waals surface area (Å²) in [5.41, 5.74) is 9.70. The molecule has 0 spiro atoms. The van der Waals surface area contributed by atoms with E-state index in [9.17, 15) is 0 Å². The van der Waals surface area contributed by atoms with Gasteiger partial charge in [-0.1, -0.05) is 0 Å². The molecule has 17 heavy (non-hydrogen) atoms. The molecule has 0 radical (unpaired) electrons. The van der Waals surface area contributed by atoms with E-state index in [1.54, 1.807) is 22.9 Å². The van der Waals surface area contributed by atoms with Gasteiger partial charge in [-0.2, -0.15) is 10.4 Å². The number of benzene rings is 1. The van der Waals surface area contributed by atoms with Crippen LogP contribution in [0.3, 0.4) is 0 Å². The third kappa shape index (κ3) is 1.92. The van der Waals surface area contributed by atoms with Gasteiger partial charge in [0.25, 0.3) is 0 Å². The average Bonchev–Trinajstić information content (AvgIpc) is 2.57. The second-order valence-electron chi connectivity index (χ2n) is 3.78. The third-order valence-electron chi connectivity index (χ3n) is 2.59. The van der Waals surface area contributed by atoms with Crippen molar-refractivity contribution in [1.82, 2.24) is 9.78 Å². The molecule has 0 unspecified atom stereocenters. The molecule has 86 valence electrons. The second kappa shape index (κ2) is 4.22. The van der Waals surface area contributed by atoms with Gasteiger partial charge in [-0.15, -0.1) is 0 Å². The fourth-order valence-corrected chi connectivity index (χ4v) is 1.92. The van der Waals surface area contributed by atoms with Gasteiger partial charge in [0, 0.05) is 0 Å². The van der Waals surface area contributed by atoms with Crippen molar-refractivity contribution >= 4 is 21.6 Å². The first-order valence-electron chi connectivity index (χ1n) is 5.06. The summed E-state index contributed by atoms with van der Waals surface area (Å²) in [5.74, 6) is 0. The molecular formula is C12H11BrN4. The molecule has 2 aromatic rings. The van der Waals surface area contributed by atoms with Gasteiger partial charge in [0.2, 0.25) is 0 Å². The second-order valence-corrected chi connectivity index (χ2v) is 4.58. The number of nitrogen functional groups attached to an aromatic ring is 1. The number of hydrogen-bond acceptors (Lipinski definition) is 3. The Bertz CT molecular complexity index is 622. The zero-order valence-corrected chi connectivity index (χ0v) is 11.1. The van der Waals surface area contributed by atoms with Gasteiger partial charge in [-0.25, -0.2) is 4.68 Å². The van der Waals surface area contributed by atoms with Crippen LogP contribution in [0.4, 0.5) is 5.69 Å². The lowest BCUT2D eigenvalue weighted by Crippen LogP contribution is -2.03. The molecule has 0 aliphatic heterocycles. The van der Waals surface area contributed by atoms with Crippen LogP contribution in [-0.4, -0.2) is 9.78 Å². The highest BCUT2D eigenvalue weighted by molar-refractivity contribution is 9.10. The number of hydrogen-bond donors (Lipinski definition) is 1. The number of rotatable bonds is 1. The Labute approximate surface area is 108 Å². The van der Waals surface area contributed by atoms with Crippen molar-refractivity contribution in [1.29, 1.82) is 5.26 Å². The Morgan fingerprint density at radius 2 is 2.12 bits per heavy atom. The van der Waals surface area contributed by atoms with Crippen LogP contribution in [0.5, 0.6) is 0 Å². The number of nitriles is 1. The fraction of sp³-hybridized carbons (Fsp3) is 0.167. The van der Waals surface area contributed by atoms with Gasteiger partial charge in [-0.3, -0.25) is 0 Å². The minimum Gasteiger partial charge on any atom is -0.397 e. The van der Waals surface area contributed by atoms with Crippen LogP contribution in [-0.2, 0) is 0 Å². The molecule has 0 bridgehead atoms. The predicted octanol–water partition coefficient (Wildman–Crippen LogP) is 2.71. The minimum absolute atomic E-state index is 0.544. The summed E-state index contributed by atoms with van der Waals surface area (Å²) in [4.78, 5) is 0. The molecule has 0 fully saturated rings. The number of anilines is 1. The Kier molecular flexibility index (Phi) is 2.90. The van der Waals surface area contributed by atoms with Crippen LogP contribution in [0.15, 0.2) is 22.7 Å². The molecule has 1 aromatic carbocycles. The monoisotopic (exact) mass is 290 g/mol. The van der Waals surface area contributed by atoms with Gasteiger partial charge in [0.05, 0.1) is 38.9 Å². The SMILES string of the molecule is Cc1nn(-c2ccc(C#N)cc2N)c(C)c1Br. The number of halogens is 1. The average molecular weight is 291 g/mol. The molecule has 4 nitrogen and oxygen atoms in total. The number of aryl methyl sites for hydroxylation is 1. The number of nitrogens with zero attached hydrogens (tertiary/aromatic N) is 3. The molecule has 2 rings (SSSR count). The maximum absolute atomic E-state index is 8.79. The summed E-state index contributed by atoms with van der Waals surface area (Å²) in [7, 11) is 0. The van der Waals surface area contributed by atoms with Gasteiger partial charge in [-0.05, 0) is 48.0 Å². The molecule has 0 atom stereocenters. The zero-order valence-electron chi connectivity index (χ0n) is 9.53. The minimum atomic E-state index is 0.544. The molecule has 0 aliphatic carbocycles. The van der Waals surface area contributed by atoms with E-state index in [1.807, 2.05) is 13.8 Å². The summed E-state index contributed by atoms with van der Waals surface area (Å²) in [6, 6.07) is 7.25. The highest BCUT2D eigenvalue weighted by atomic mass is 79.9. The fourth-order valence-electron chi connectivity index (χ4n) is 1.68. The van der Waals surface area contributed by atoms with Crippen molar-refractivity contribution in [3.05, 3.63) is 39.6 Å². The summed E-state index contributed by atoms with van der Waals surface area (Å²) >= 11 is 3.47. The molecule has 2 N–H and O–H groups in total. The molecule has 0 saturated heterocycles. The van der Waals surface area contributed by atoms with E-state index in [2.05, 4.69) is 27.1 Å². The van der Waals surface area contributed by atoms with E-state index in [0.29, 0.717) is 11.3 Å². The van der Waals surface area contributed by atoms with Crippen LogP contribution >= 0.6 is 15.9 Å². The van der Waals surface area contributed by atoms with Crippen molar-refractivity contribution in [2.75, 3.05) is 5.73 Å². The predicted molar refractivity (Wildman–Crippen MR) is 69.9 cm³/mol. The quantitative estimate of drug-likeness (QED) is 0.821. The lowest BCUT2D eigenvalue weighted by Gasteiger charge is -2.07. The standard InChI is InChI=1S/C12H11BrN4/c1-7-12(13)8(2)17(16-7)11-4-3-9(6-14)5-10(11)15/h3-5H,15H2,1-2H3. The third-order valence-corrected chi connectivity index (χ3v) is 3.74. The topological polar surface area (TPSA) is 67.6 Å². The lowest BCUT2D eigenvalue weighted by molar-refractivity contribution is 0.835. The van der Waals surface area contributed by atoms with Crippen molar-refractivity contribution in [3.8, 4) is 11.8 Å². The van der Waals surface area contributed by atoms with E-state index in [4.69, 9.17) is 11.0 Å². The molecule has 0 saturated carbocycles. The smallest absolute Gasteiger partial charge is 0.0992 e. The maximum atomic E-state index is 8.79. The highest BCUT2D eigenvalue weighted by Gasteiger charge is 2.12.